The van der Waals surface area contributed by atoms with Gasteiger partial charge in [0, 0.05) is 25.9 Å². The molecule has 2 aliphatic carbocycles. The zero-order chi connectivity index (χ0) is 35.8. The molecular weight excluding hydrogens is 646 g/mol. The minimum atomic E-state index is -1.83. The SMILES string of the molecule is CCC1CC(C(=O)NCCN)C[C@@H](O[C@@H]2OC[C@H](O)C(OC(CC3CCCCC3)C(O)O)C2NC(C)=O)C1OC1O[C@@H](C)C(O)C(O)[C@@H]1O. The highest BCUT2D eigenvalue weighted by Crippen LogP contribution is 2.39. The van der Waals surface area contributed by atoms with E-state index >= 15 is 0 Å². The highest BCUT2D eigenvalue weighted by molar-refractivity contribution is 5.78. The molecule has 16 nitrogen and oxygen atoms in total. The molecule has 14 atom stereocenters. The number of nitrogens with two attached hydrogens (primary N) is 1. The van der Waals surface area contributed by atoms with Gasteiger partial charge in [0.05, 0.1) is 24.9 Å². The van der Waals surface area contributed by atoms with E-state index in [4.69, 9.17) is 29.4 Å². The van der Waals surface area contributed by atoms with Crippen molar-refractivity contribution in [3.63, 3.8) is 0 Å². The molecule has 284 valence electrons. The summed E-state index contributed by atoms with van der Waals surface area (Å²) < 4.78 is 30.8. The molecule has 2 saturated heterocycles. The van der Waals surface area contributed by atoms with E-state index in [1.54, 1.807) is 6.92 Å². The number of rotatable bonds is 14. The number of amides is 2. The standard InChI is InChI=1S/C33H59N3O13/c1-4-19-13-20(30(42)35-11-10-34)14-22(28(19)49-33-27(41)26(40)25(39)16(2)46-33)48-32-24(36-17(3)37)29(21(38)15-45-32)47-23(31(43)44)12-18-8-6-5-7-9-18/h16,18-29,31-33,38-41,43-44H,4-15,34H2,1-3H3,(H,35,42)(H,36,37)/t16-,19?,20?,21-,22+,23?,24?,25?,26?,27-,28?,29?,32-,33?/m0/s1. The first-order valence-corrected chi connectivity index (χ1v) is 17.9. The fourth-order valence-electron chi connectivity index (χ4n) is 7.72. The Morgan fingerprint density at radius 3 is 2.31 bits per heavy atom. The minimum absolute atomic E-state index is 0.140. The van der Waals surface area contributed by atoms with E-state index in [9.17, 15) is 40.2 Å². The summed E-state index contributed by atoms with van der Waals surface area (Å²) >= 11 is 0. The number of aliphatic hydroxyl groups excluding tert-OH is 5. The summed E-state index contributed by atoms with van der Waals surface area (Å²) in [4.78, 5) is 25.7. The lowest BCUT2D eigenvalue weighted by Crippen LogP contribution is -2.64. The molecule has 0 bridgehead atoms. The van der Waals surface area contributed by atoms with Crippen LogP contribution in [0.5, 0.6) is 0 Å². The maximum absolute atomic E-state index is 13.2. The van der Waals surface area contributed by atoms with Crippen molar-refractivity contribution in [3.05, 3.63) is 0 Å². The molecule has 2 amide bonds. The highest BCUT2D eigenvalue weighted by atomic mass is 16.7. The third-order valence-corrected chi connectivity index (χ3v) is 10.5. The predicted octanol–water partition coefficient (Wildman–Crippen LogP) is -1.65. The maximum Gasteiger partial charge on any atom is 0.223 e. The predicted molar refractivity (Wildman–Crippen MR) is 172 cm³/mol. The molecule has 16 heteroatoms. The molecule has 2 heterocycles. The smallest absolute Gasteiger partial charge is 0.223 e. The summed E-state index contributed by atoms with van der Waals surface area (Å²) in [7, 11) is 0. The number of aliphatic hydroxyl groups is 6. The summed E-state index contributed by atoms with van der Waals surface area (Å²) in [5, 5.41) is 68.7. The minimum Gasteiger partial charge on any atom is -0.388 e. The number of carbonyl (C=O) groups excluding carboxylic acids is 2. The van der Waals surface area contributed by atoms with E-state index in [2.05, 4.69) is 10.6 Å². The molecule has 0 spiro atoms. The van der Waals surface area contributed by atoms with Crippen molar-refractivity contribution in [2.45, 2.75) is 158 Å². The molecule has 9 unspecified atom stereocenters. The van der Waals surface area contributed by atoms with Crippen LogP contribution in [-0.4, -0.2) is 142 Å². The Bertz CT molecular complexity index is 1040. The van der Waals surface area contributed by atoms with Gasteiger partial charge in [-0.2, -0.15) is 0 Å². The largest absolute Gasteiger partial charge is 0.388 e. The Labute approximate surface area is 287 Å². The summed E-state index contributed by atoms with van der Waals surface area (Å²) in [6.07, 6.45) is -8.30. The Balaban J connectivity index is 1.60. The lowest BCUT2D eigenvalue weighted by Gasteiger charge is -2.48. The molecule has 49 heavy (non-hydrogen) atoms. The van der Waals surface area contributed by atoms with E-state index < -0.39 is 91.7 Å². The van der Waals surface area contributed by atoms with E-state index in [-0.39, 0.29) is 43.9 Å². The van der Waals surface area contributed by atoms with Crippen molar-refractivity contribution < 1.29 is 63.9 Å². The molecule has 4 fully saturated rings. The van der Waals surface area contributed by atoms with Gasteiger partial charge in [0.25, 0.3) is 0 Å². The van der Waals surface area contributed by atoms with Crippen LogP contribution in [0.25, 0.3) is 0 Å². The molecule has 2 aliphatic heterocycles. The summed E-state index contributed by atoms with van der Waals surface area (Å²) in [5.41, 5.74) is 5.62. The van der Waals surface area contributed by atoms with Crippen molar-refractivity contribution in [2.75, 3.05) is 19.7 Å². The number of hydrogen-bond donors (Lipinski definition) is 9. The molecule has 0 aromatic heterocycles. The number of hydrogen-bond acceptors (Lipinski definition) is 14. The van der Waals surface area contributed by atoms with Crippen molar-refractivity contribution >= 4 is 11.8 Å². The highest BCUT2D eigenvalue weighted by Gasteiger charge is 2.51. The third kappa shape index (κ3) is 10.5. The van der Waals surface area contributed by atoms with Crippen molar-refractivity contribution in [3.8, 4) is 0 Å². The Morgan fingerprint density at radius 1 is 0.959 bits per heavy atom. The van der Waals surface area contributed by atoms with E-state index in [1.807, 2.05) is 6.92 Å². The van der Waals surface area contributed by atoms with Crippen molar-refractivity contribution in [2.24, 2.45) is 23.5 Å². The second-order valence-corrected chi connectivity index (χ2v) is 14.2. The zero-order valence-corrected chi connectivity index (χ0v) is 28.8. The first-order valence-electron chi connectivity index (χ1n) is 17.9. The molecule has 0 aromatic rings. The van der Waals surface area contributed by atoms with Gasteiger partial charge in [-0.25, -0.2) is 0 Å². The topological polar surface area (TPSA) is 252 Å². The van der Waals surface area contributed by atoms with Crippen LogP contribution in [-0.2, 0) is 33.3 Å². The molecule has 4 aliphatic rings. The van der Waals surface area contributed by atoms with Gasteiger partial charge in [-0.3, -0.25) is 9.59 Å². The van der Waals surface area contributed by atoms with Crippen LogP contribution < -0.4 is 16.4 Å². The molecule has 4 rings (SSSR count). The molecule has 10 N–H and O–H groups in total. The van der Waals surface area contributed by atoms with Crippen LogP contribution >= 0.6 is 0 Å². The first-order chi connectivity index (χ1) is 23.3. The quantitative estimate of drug-likeness (QED) is 0.0920. The van der Waals surface area contributed by atoms with E-state index in [0.717, 1.165) is 32.1 Å². The lowest BCUT2D eigenvalue weighted by atomic mass is 9.75. The summed E-state index contributed by atoms with van der Waals surface area (Å²) in [6.45, 7) is 5.03. The van der Waals surface area contributed by atoms with Crippen LogP contribution in [0.2, 0.25) is 0 Å². The van der Waals surface area contributed by atoms with Gasteiger partial charge in [0.2, 0.25) is 11.8 Å². The van der Waals surface area contributed by atoms with Gasteiger partial charge in [-0.15, -0.1) is 0 Å². The van der Waals surface area contributed by atoms with E-state index in [1.165, 1.54) is 6.92 Å². The van der Waals surface area contributed by atoms with Crippen molar-refractivity contribution in [1.82, 2.24) is 10.6 Å². The normalized spacial score (nSPS) is 39.8. The first kappa shape index (κ1) is 40.2. The molecule has 2 saturated carbocycles. The van der Waals surface area contributed by atoms with Crippen molar-refractivity contribution in [1.29, 1.82) is 0 Å². The van der Waals surface area contributed by atoms with Crippen LogP contribution in [0, 0.1) is 17.8 Å². The Morgan fingerprint density at radius 2 is 1.67 bits per heavy atom. The monoisotopic (exact) mass is 705 g/mol. The summed E-state index contributed by atoms with van der Waals surface area (Å²) in [5.74, 6) is -1.29. The zero-order valence-electron chi connectivity index (χ0n) is 28.8. The molecular formula is C33H59N3O13. The number of nitrogens with one attached hydrogen (secondary N) is 2. The van der Waals surface area contributed by atoms with E-state index in [0.29, 0.717) is 19.3 Å². The van der Waals surface area contributed by atoms with Gasteiger partial charge in [0.1, 0.15) is 42.7 Å². The van der Waals surface area contributed by atoms with Crippen LogP contribution in [0.15, 0.2) is 0 Å². The lowest BCUT2D eigenvalue weighted by molar-refractivity contribution is -0.333. The average Bonchev–Trinajstić information content (AvgIpc) is 3.07. The van der Waals surface area contributed by atoms with Gasteiger partial charge in [-0.1, -0.05) is 45.4 Å². The van der Waals surface area contributed by atoms with Crippen LogP contribution in [0.1, 0.15) is 78.6 Å². The second-order valence-electron chi connectivity index (χ2n) is 14.2. The number of carbonyl (C=O) groups is 2. The van der Waals surface area contributed by atoms with Gasteiger partial charge in [-0.05, 0) is 38.0 Å². The Kier molecular flexibility index (Phi) is 15.4. The van der Waals surface area contributed by atoms with Gasteiger partial charge >= 0.3 is 0 Å². The van der Waals surface area contributed by atoms with Gasteiger partial charge in [0.15, 0.2) is 18.9 Å². The summed E-state index contributed by atoms with van der Waals surface area (Å²) in [6, 6.07) is -1.10. The maximum atomic E-state index is 13.2. The number of ether oxygens (including phenoxy) is 5. The van der Waals surface area contributed by atoms with Crippen LogP contribution in [0.4, 0.5) is 0 Å². The van der Waals surface area contributed by atoms with Crippen LogP contribution in [0.3, 0.4) is 0 Å². The fourth-order valence-corrected chi connectivity index (χ4v) is 7.72. The average molecular weight is 706 g/mol. The van der Waals surface area contributed by atoms with Gasteiger partial charge < -0.3 is 70.7 Å². The third-order valence-electron chi connectivity index (χ3n) is 10.5. The second kappa shape index (κ2) is 18.8. The Hall–Kier alpha value is -1.54. The fraction of sp³-hybridized carbons (Fsp3) is 0.939. The molecule has 0 aromatic carbocycles. The molecule has 0 radical (unpaired) electrons.